The lowest BCUT2D eigenvalue weighted by molar-refractivity contribution is -0.384. The summed E-state index contributed by atoms with van der Waals surface area (Å²) in [4.78, 5) is 37.0. The van der Waals surface area contributed by atoms with Crippen molar-refractivity contribution in [2.45, 2.75) is 0 Å². The van der Waals surface area contributed by atoms with E-state index in [-0.39, 0.29) is 17.3 Å². The van der Waals surface area contributed by atoms with Crippen LogP contribution in [0.4, 0.5) is 5.69 Å². The highest BCUT2D eigenvalue weighted by Crippen LogP contribution is 2.39. The number of benzene rings is 2. The quantitative estimate of drug-likeness (QED) is 0.344. The van der Waals surface area contributed by atoms with Crippen LogP contribution in [0, 0.1) is 10.1 Å². The number of hydrogen-bond donors (Lipinski definition) is 0. The number of carbonyl (C=O) groups is 2. The van der Waals surface area contributed by atoms with Crippen LogP contribution in [0.1, 0.15) is 31.8 Å². The monoisotopic (exact) mass is 368 g/mol. The number of carbonyl (C=O) groups excluding carboxylic acids is 2. The van der Waals surface area contributed by atoms with Crippen LogP contribution in [0.15, 0.2) is 72.9 Å². The van der Waals surface area contributed by atoms with Crippen LogP contribution in [-0.2, 0) is 0 Å². The number of rotatable bonds is 2. The Morgan fingerprint density at radius 3 is 2.00 bits per heavy atom. The third-order valence-electron chi connectivity index (χ3n) is 5.07. The fraction of sp³-hybridized carbons (Fsp3) is 0. The molecular formula is C22H12N2O4. The van der Waals surface area contributed by atoms with Gasteiger partial charge in [0.15, 0.2) is 11.6 Å². The third kappa shape index (κ3) is 2.08. The van der Waals surface area contributed by atoms with Crippen LogP contribution in [-0.4, -0.2) is 20.9 Å². The Bertz CT molecular complexity index is 1320. The number of aromatic nitrogens is 1. The zero-order valence-corrected chi connectivity index (χ0v) is 14.5. The molecule has 0 unspecified atom stereocenters. The normalized spacial score (nSPS) is 12.7. The first-order valence-electron chi connectivity index (χ1n) is 8.64. The first-order valence-corrected chi connectivity index (χ1v) is 8.64. The molecule has 2 heterocycles. The van der Waals surface area contributed by atoms with E-state index in [4.69, 9.17) is 0 Å². The van der Waals surface area contributed by atoms with E-state index in [2.05, 4.69) is 0 Å². The van der Waals surface area contributed by atoms with Crippen molar-refractivity contribution in [3.63, 3.8) is 0 Å². The molecule has 0 aliphatic heterocycles. The fourth-order valence-corrected chi connectivity index (χ4v) is 3.83. The van der Waals surface area contributed by atoms with Crippen molar-refractivity contribution in [3.8, 4) is 11.3 Å². The first-order chi connectivity index (χ1) is 13.6. The van der Waals surface area contributed by atoms with Crippen molar-refractivity contribution in [2.75, 3.05) is 0 Å². The van der Waals surface area contributed by atoms with Crippen molar-refractivity contribution in [1.82, 2.24) is 4.40 Å². The second-order valence-electron chi connectivity index (χ2n) is 6.56. The van der Waals surface area contributed by atoms with E-state index in [0.29, 0.717) is 39.0 Å². The summed E-state index contributed by atoms with van der Waals surface area (Å²) in [5.41, 5.74) is 3.28. The highest BCUT2D eigenvalue weighted by Gasteiger charge is 2.36. The van der Waals surface area contributed by atoms with E-state index >= 15 is 0 Å². The minimum Gasteiger partial charge on any atom is -0.315 e. The van der Waals surface area contributed by atoms with Crippen LogP contribution >= 0.6 is 0 Å². The number of fused-ring (bicyclic) bond motifs is 4. The highest BCUT2D eigenvalue weighted by molar-refractivity contribution is 6.32. The Morgan fingerprint density at radius 1 is 0.750 bits per heavy atom. The van der Waals surface area contributed by atoms with Gasteiger partial charge in [0.1, 0.15) is 0 Å². The van der Waals surface area contributed by atoms with Crippen LogP contribution in [0.3, 0.4) is 0 Å². The smallest absolute Gasteiger partial charge is 0.269 e. The molecule has 28 heavy (non-hydrogen) atoms. The Morgan fingerprint density at radius 2 is 1.36 bits per heavy atom. The number of hydrogen-bond acceptors (Lipinski definition) is 4. The predicted molar refractivity (Wildman–Crippen MR) is 103 cm³/mol. The maximum atomic E-state index is 13.3. The maximum Gasteiger partial charge on any atom is 0.269 e. The first kappa shape index (κ1) is 16.1. The topological polar surface area (TPSA) is 81.7 Å². The molecule has 1 aliphatic carbocycles. The number of nitro groups is 1. The zero-order chi connectivity index (χ0) is 19.4. The second-order valence-corrected chi connectivity index (χ2v) is 6.56. The summed E-state index contributed by atoms with van der Waals surface area (Å²) in [7, 11) is 0. The van der Waals surface area contributed by atoms with Crippen molar-refractivity contribution in [3.05, 3.63) is 105 Å². The Balaban J connectivity index is 1.86. The molecule has 0 fully saturated rings. The summed E-state index contributed by atoms with van der Waals surface area (Å²) in [5, 5.41) is 11.0. The maximum absolute atomic E-state index is 13.3. The average Bonchev–Trinajstić information content (AvgIpc) is 3.08. The lowest BCUT2D eigenvalue weighted by Crippen LogP contribution is -2.19. The van der Waals surface area contributed by atoms with Gasteiger partial charge in [-0.1, -0.05) is 30.3 Å². The van der Waals surface area contributed by atoms with E-state index in [9.17, 15) is 19.7 Å². The summed E-state index contributed by atoms with van der Waals surface area (Å²) < 4.78 is 1.80. The molecular weight excluding hydrogens is 356 g/mol. The van der Waals surface area contributed by atoms with Crippen molar-refractivity contribution >= 4 is 22.8 Å². The van der Waals surface area contributed by atoms with E-state index in [1.54, 1.807) is 53.1 Å². The van der Waals surface area contributed by atoms with Gasteiger partial charge >= 0.3 is 0 Å². The summed E-state index contributed by atoms with van der Waals surface area (Å²) in [6.07, 6.45) is 1.79. The summed E-state index contributed by atoms with van der Waals surface area (Å²) >= 11 is 0. The molecule has 134 valence electrons. The SMILES string of the molecule is O=C1c2ccccc2C(=O)c2c1c(-c1ccc([N+](=O)[O-])cc1)n1ccccc21. The van der Waals surface area contributed by atoms with E-state index in [0.717, 1.165) is 0 Å². The van der Waals surface area contributed by atoms with Gasteiger partial charge in [-0.25, -0.2) is 0 Å². The van der Waals surface area contributed by atoms with Crippen LogP contribution in [0.25, 0.3) is 16.8 Å². The minimum atomic E-state index is -0.472. The Kier molecular flexibility index (Phi) is 3.30. The number of nitro benzene ring substituents is 1. The Labute approximate surface area is 158 Å². The predicted octanol–water partition coefficient (Wildman–Crippen LogP) is 4.29. The van der Waals surface area contributed by atoms with Crippen molar-refractivity contribution in [2.24, 2.45) is 0 Å². The molecule has 2 aromatic heterocycles. The molecule has 0 saturated carbocycles. The van der Waals surface area contributed by atoms with Crippen LogP contribution < -0.4 is 0 Å². The minimum absolute atomic E-state index is 0.0359. The highest BCUT2D eigenvalue weighted by atomic mass is 16.6. The summed E-state index contributed by atoms with van der Waals surface area (Å²) in [6.45, 7) is 0. The summed E-state index contributed by atoms with van der Waals surface area (Å²) in [6, 6.07) is 18.2. The molecule has 0 spiro atoms. The number of ketones is 2. The largest absolute Gasteiger partial charge is 0.315 e. The molecule has 5 rings (SSSR count). The van der Waals surface area contributed by atoms with Gasteiger partial charge in [-0.05, 0) is 29.8 Å². The lowest BCUT2D eigenvalue weighted by atomic mass is 9.84. The van der Waals surface area contributed by atoms with E-state index in [1.807, 2.05) is 12.1 Å². The molecule has 2 aromatic carbocycles. The molecule has 0 saturated heterocycles. The van der Waals surface area contributed by atoms with Crippen molar-refractivity contribution < 1.29 is 14.5 Å². The lowest BCUT2D eigenvalue weighted by Gasteiger charge is -2.15. The van der Waals surface area contributed by atoms with Crippen LogP contribution in [0.5, 0.6) is 0 Å². The van der Waals surface area contributed by atoms with Gasteiger partial charge in [-0.3, -0.25) is 19.7 Å². The van der Waals surface area contributed by atoms with E-state index in [1.165, 1.54) is 12.1 Å². The molecule has 6 heteroatoms. The molecule has 0 bridgehead atoms. The van der Waals surface area contributed by atoms with Gasteiger partial charge < -0.3 is 4.40 Å². The molecule has 6 nitrogen and oxygen atoms in total. The third-order valence-corrected chi connectivity index (χ3v) is 5.07. The fourth-order valence-electron chi connectivity index (χ4n) is 3.83. The van der Waals surface area contributed by atoms with Crippen molar-refractivity contribution in [1.29, 1.82) is 0 Å². The molecule has 0 N–H and O–H groups in total. The number of nitrogens with zero attached hydrogens (tertiary/aromatic N) is 2. The Hall–Kier alpha value is -4.06. The molecule has 1 aliphatic rings. The number of pyridine rings is 1. The van der Waals surface area contributed by atoms with Gasteiger partial charge in [0, 0.05) is 29.5 Å². The van der Waals surface area contributed by atoms with Gasteiger partial charge in [0.05, 0.1) is 27.3 Å². The van der Waals surface area contributed by atoms with E-state index < -0.39 is 4.92 Å². The molecule has 0 radical (unpaired) electrons. The molecule has 4 aromatic rings. The summed E-state index contributed by atoms with van der Waals surface area (Å²) in [5.74, 6) is -0.413. The molecule has 0 amide bonds. The standard InChI is InChI=1S/C22H12N2O4/c25-21-15-5-1-2-6-16(15)22(26)19-18(21)17-7-3-4-12-23(17)20(19)13-8-10-14(11-9-13)24(27)28/h1-12H. The van der Waals surface area contributed by atoms with Gasteiger partial charge in [0.2, 0.25) is 0 Å². The average molecular weight is 368 g/mol. The van der Waals surface area contributed by atoms with Gasteiger partial charge in [0.25, 0.3) is 5.69 Å². The second kappa shape index (κ2) is 5.72. The van der Waals surface area contributed by atoms with Crippen LogP contribution in [0.2, 0.25) is 0 Å². The zero-order valence-electron chi connectivity index (χ0n) is 14.5. The number of non-ortho nitro benzene ring substituents is 1. The van der Waals surface area contributed by atoms with Gasteiger partial charge in [-0.15, -0.1) is 0 Å². The van der Waals surface area contributed by atoms with Gasteiger partial charge in [-0.2, -0.15) is 0 Å². The molecule has 0 atom stereocenters.